The number of anilines is 3. The number of nitrogens with zero attached hydrogens (tertiary/aromatic N) is 1. The van der Waals surface area contributed by atoms with Gasteiger partial charge in [-0.15, -0.1) is 11.3 Å². The highest BCUT2D eigenvalue weighted by atomic mass is 32.1. The van der Waals surface area contributed by atoms with Crippen LogP contribution in [0.5, 0.6) is 0 Å². The monoisotopic (exact) mass is 843 g/mol. The van der Waals surface area contributed by atoms with Crippen LogP contribution in [-0.2, 0) is 10.8 Å². The SMILES string of the molecule is CC1CC2CC(C)C3(c4cc(-c5ccccc5)ccc4-c4ccc(-c5ccc(N(c6cccc7c6-c6ccccc6C7(C)C)c6cccc7sc8ccccc8c67)cc5)cc43)C(C1)C2. The molecule has 4 aliphatic carbocycles. The molecule has 1 nitrogen and oxygen atoms in total. The summed E-state index contributed by atoms with van der Waals surface area (Å²) in [7, 11) is 0. The maximum absolute atomic E-state index is 2.63. The number of thiophene rings is 1. The van der Waals surface area contributed by atoms with Gasteiger partial charge in [-0.2, -0.15) is 0 Å². The minimum atomic E-state index is -0.0985. The van der Waals surface area contributed by atoms with Crippen LogP contribution < -0.4 is 4.90 Å². The van der Waals surface area contributed by atoms with Crippen molar-refractivity contribution < 1.29 is 0 Å². The van der Waals surface area contributed by atoms with E-state index in [1.165, 1.54) is 119 Å². The maximum Gasteiger partial charge on any atom is 0.0555 e. The molecule has 0 amide bonds. The van der Waals surface area contributed by atoms with Crippen LogP contribution in [0.25, 0.3) is 64.7 Å². The van der Waals surface area contributed by atoms with Gasteiger partial charge in [0.2, 0.25) is 0 Å². The second-order valence-corrected chi connectivity index (χ2v) is 21.4. The van der Waals surface area contributed by atoms with Crippen molar-refractivity contribution in [2.45, 2.75) is 64.2 Å². The first kappa shape index (κ1) is 38.3. The summed E-state index contributed by atoms with van der Waals surface area (Å²) in [5.41, 5.74) is 20.2. The number of rotatable bonds is 5. The lowest BCUT2D eigenvalue weighted by Crippen LogP contribution is -2.49. The van der Waals surface area contributed by atoms with E-state index < -0.39 is 0 Å². The molecule has 1 spiro atoms. The fraction of sp³-hybridized carbons (Fsp3) is 0.226. The third kappa shape index (κ3) is 5.42. The van der Waals surface area contributed by atoms with Gasteiger partial charge in [0.1, 0.15) is 0 Å². The van der Waals surface area contributed by atoms with Gasteiger partial charge in [-0.1, -0.05) is 155 Å². The molecule has 0 N–H and O–H groups in total. The van der Waals surface area contributed by atoms with Gasteiger partial charge in [0.15, 0.2) is 0 Å². The molecule has 0 saturated heterocycles. The standard InChI is InChI=1S/C62H53NS/c1-38-32-40-34-39(2)62(45(33-38)35-40)53-36-43(41-14-6-5-7-15-41)26-30-47(53)48-31-27-44(37-54(48)62)42-24-28-46(29-25-42)63(56-21-13-23-58-60(56)50-17-9-11-22-57(50)64-58)55-20-12-19-52-59(55)49-16-8-10-18-51(49)61(52,3)4/h5-31,36-40,45H,32-35H2,1-4H3. The molecule has 2 heteroatoms. The molecule has 13 rings (SSSR count). The van der Waals surface area contributed by atoms with E-state index in [0.717, 1.165) is 11.8 Å². The van der Waals surface area contributed by atoms with Crippen LogP contribution in [0.4, 0.5) is 17.1 Å². The van der Waals surface area contributed by atoms with Crippen molar-refractivity contribution in [2.75, 3.05) is 4.90 Å². The lowest BCUT2D eigenvalue weighted by atomic mass is 9.49. The van der Waals surface area contributed by atoms with Crippen molar-refractivity contribution in [2.24, 2.45) is 23.7 Å². The molecule has 1 heterocycles. The lowest BCUT2D eigenvalue weighted by molar-refractivity contribution is 0.0426. The zero-order chi connectivity index (χ0) is 42.9. The van der Waals surface area contributed by atoms with Crippen molar-refractivity contribution in [3.63, 3.8) is 0 Å². The molecular formula is C62H53NS. The van der Waals surface area contributed by atoms with Crippen LogP contribution in [0, 0.1) is 23.7 Å². The van der Waals surface area contributed by atoms with E-state index in [0.29, 0.717) is 11.8 Å². The first-order chi connectivity index (χ1) is 31.3. The van der Waals surface area contributed by atoms with E-state index in [9.17, 15) is 0 Å². The molecule has 8 aromatic carbocycles. The molecule has 0 aliphatic heterocycles. The highest BCUT2D eigenvalue weighted by molar-refractivity contribution is 7.26. The summed E-state index contributed by atoms with van der Waals surface area (Å²) in [6, 6.07) is 67.3. The van der Waals surface area contributed by atoms with Crippen LogP contribution >= 0.6 is 11.3 Å². The second-order valence-electron chi connectivity index (χ2n) is 20.3. The highest BCUT2D eigenvalue weighted by Crippen LogP contribution is 2.65. The summed E-state index contributed by atoms with van der Waals surface area (Å²) >= 11 is 1.89. The molecule has 2 fully saturated rings. The first-order valence-corrected chi connectivity index (χ1v) is 24.5. The van der Waals surface area contributed by atoms with Crippen LogP contribution in [0.2, 0.25) is 0 Å². The van der Waals surface area contributed by atoms with E-state index in [1.54, 1.807) is 11.1 Å². The van der Waals surface area contributed by atoms with E-state index in [-0.39, 0.29) is 10.8 Å². The van der Waals surface area contributed by atoms with Gasteiger partial charge in [0.25, 0.3) is 0 Å². The molecule has 5 unspecified atom stereocenters. The van der Waals surface area contributed by atoms with Crippen molar-refractivity contribution >= 4 is 48.6 Å². The van der Waals surface area contributed by atoms with E-state index in [1.807, 2.05) is 11.3 Å². The van der Waals surface area contributed by atoms with Crippen molar-refractivity contribution in [1.82, 2.24) is 0 Å². The van der Waals surface area contributed by atoms with Gasteiger partial charge in [-0.25, -0.2) is 0 Å². The fourth-order valence-corrected chi connectivity index (χ4v) is 14.9. The number of fused-ring (bicyclic) bond motifs is 14. The number of hydrogen-bond donors (Lipinski definition) is 0. The Labute approximate surface area is 382 Å². The maximum atomic E-state index is 2.63. The predicted molar refractivity (Wildman–Crippen MR) is 272 cm³/mol. The van der Waals surface area contributed by atoms with Crippen LogP contribution in [0.15, 0.2) is 176 Å². The van der Waals surface area contributed by atoms with E-state index in [2.05, 4.69) is 209 Å². The number of hydrogen-bond acceptors (Lipinski definition) is 2. The Hall–Kier alpha value is -6.22. The minimum Gasteiger partial charge on any atom is -0.309 e. The summed E-state index contributed by atoms with van der Waals surface area (Å²) in [4.78, 5) is 2.56. The van der Waals surface area contributed by atoms with Crippen molar-refractivity contribution in [3.8, 4) is 44.5 Å². The summed E-state index contributed by atoms with van der Waals surface area (Å²) in [6.07, 6.45) is 5.34. The van der Waals surface area contributed by atoms with Crippen LogP contribution in [0.1, 0.15) is 75.6 Å². The normalized spacial score (nSPS) is 22.3. The Morgan fingerprint density at radius 2 is 1.11 bits per heavy atom. The molecule has 64 heavy (non-hydrogen) atoms. The Kier molecular flexibility index (Phi) is 8.45. The van der Waals surface area contributed by atoms with Crippen LogP contribution in [-0.4, -0.2) is 0 Å². The summed E-state index contributed by atoms with van der Waals surface area (Å²) in [5, 5.41) is 2.63. The zero-order valence-corrected chi connectivity index (χ0v) is 38.1. The third-order valence-corrected chi connectivity index (χ3v) is 17.5. The average molecular weight is 844 g/mol. The quantitative estimate of drug-likeness (QED) is 0.167. The second kappa shape index (κ2) is 14.1. The molecule has 312 valence electrons. The largest absolute Gasteiger partial charge is 0.309 e. The van der Waals surface area contributed by atoms with Crippen LogP contribution in [0.3, 0.4) is 0 Å². The smallest absolute Gasteiger partial charge is 0.0555 e. The summed E-state index contributed by atoms with van der Waals surface area (Å²) in [5.74, 6) is 2.81. The molecular weight excluding hydrogens is 791 g/mol. The Morgan fingerprint density at radius 1 is 0.484 bits per heavy atom. The molecule has 2 bridgehead atoms. The molecule has 9 aromatic rings. The lowest BCUT2D eigenvalue weighted by Gasteiger charge is -2.54. The van der Waals surface area contributed by atoms with Crippen molar-refractivity contribution in [3.05, 3.63) is 198 Å². The van der Waals surface area contributed by atoms with Crippen molar-refractivity contribution in [1.29, 1.82) is 0 Å². The first-order valence-electron chi connectivity index (χ1n) is 23.7. The topological polar surface area (TPSA) is 3.24 Å². The number of benzene rings is 8. The van der Waals surface area contributed by atoms with E-state index in [4.69, 9.17) is 0 Å². The molecule has 1 aromatic heterocycles. The van der Waals surface area contributed by atoms with Gasteiger partial charge in [0.05, 0.1) is 11.4 Å². The predicted octanol–water partition coefficient (Wildman–Crippen LogP) is 17.5. The Bertz CT molecular complexity index is 3310. The summed E-state index contributed by atoms with van der Waals surface area (Å²) < 4.78 is 2.64. The Morgan fingerprint density at radius 3 is 1.89 bits per heavy atom. The third-order valence-electron chi connectivity index (χ3n) is 16.4. The van der Waals surface area contributed by atoms with Gasteiger partial charge in [-0.05, 0) is 159 Å². The van der Waals surface area contributed by atoms with E-state index >= 15 is 0 Å². The van der Waals surface area contributed by atoms with Gasteiger partial charge >= 0.3 is 0 Å². The molecule has 2 saturated carbocycles. The van der Waals surface area contributed by atoms with Gasteiger partial charge in [0, 0.05) is 42.3 Å². The zero-order valence-electron chi connectivity index (χ0n) is 37.2. The summed E-state index contributed by atoms with van der Waals surface area (Å²) in [6.45, 7) is 9.88. The highest BCUT2D eigenvalue weighted by Gasteiger charge is 2.56. The average Bonchev–Trinajstić information content (AvgIpc) is 3.93. The van der Waals surface area contributed by atoms with Gasteiger partial charge in [-0.3, -0.25) is 0 Å². The molecule has 0 radical (unpaired) electrons. The molecule has 5 atom stereocenters. The minimum absolute atomic E-state index is 0.00708. The van der Waals surface area contributed by atoms with Gasteiger partial charge < -0.3 is 4.90 Å². The molecule has 4 aliphatic rings. The fourth-order valence-electron chi connectivity index (χ4n) is 13.8. The Balaban J connectivity index is 0.974.